The Morgan fingerprint density at radius 2 is 1.82 bits per heavy atom. The SMILES string of the molecule is CN1CCN(C(=O)c2ccc(C3=NN4C(=C=CC=C4C4=CC=C(C#N)CC4)C=C3)cc2)CC1. The maximum absolute atomic E-state index is 12.8. The number of hydrogen-bond acceptors (Lipinski definition) is 5. The Kier molecular flexibility index (Phi) is 5.66. The van der Waals surface area contributed by atoms with E-state index in [4.69, 9.17) is 10.4 Å². The van der Waals surface area contributed by atoms with Crippen LogP contribution in [-0.4, -0.2) is 59.7 Å². The van der Waals surface area contributed by atoms with Gasteiger partial charge in [0.05, 0.1) is 17.5 Å². The van der Waals surface area contributed by atoms with Crippen LogP contribution in [0.25, 0.3) is 0 Å². The second-order valence-electron chi connectivity index (χ2n) is 8.55. The second kappa shape index (κ2) is 8.91. The summed E-state index contributed by atoms with van der Waals surface area (Å²) in [6.45, 7) is 3.34. The van der Waals surface area contributed by atoms with Crippen LogP contribution in [0.2, 0.25) is 0 Å². The van der Waals surface area contributed by atoms with Gasteiger partial charge in [0.15, 0.2) is 0 Å². The van der Waals surface area contributed by atoms with Gasteiger partial charge in [0.25, 0.3) is 5.91 Å². The topological polar surface area (TPSA) is 62.9 Å². The normalized spacial score (nSPS) is 20.2. The third-order valence-corrected chi connectivity index (χ3v) is 6.38. The Morgan fingerprint density at radius 1 is 1.03 bits per heavy atom. The van der Waals surface area contributed by atoms with Crippen molar-refractivity contribution in [2.75, 3.05) is 33.2 Å². The van der Waals surface area contributed by atoms with E-state index in [1.54, 1.807) is 0 Å². The zero-order chi connectivity index (χ0) is 22.8. The van der Waals surface area contributed by atoms with Crippen LogP contribution < -0.4 is 0 Å². The molecule has 1 aromatic carbocycles. The summed E-state index contributed by atoms with van der Waals surface area (Å²) in [6.07, 6.45) is 13.4. The molecule has 3 heterocycles. The predicted octanol–water partition coefficient (Wildman–Crippen LogP) is 3.76. The Balaban J connectivity index is 1.36. The molecule has 6 nitrogen and oxygen atoms in total. The lowest BCUT2D eigenvalue weighted by molar-refractivity contribution is 0.0664. The highest BCUT2D eigenvalue weighted by molar-refractivity contribution is 6.10. The average molecular weight is 436 g/mol. The smallest absolute Gasteiger partial charge is 0.253 e. The Labute approximate surface area is 194 Å². The summed E-state index contributed by atoms with van der Waals surface area (Å²) in [5.74, 6) is 0.0846. The van der Waals surface area contributed by atoms with Crippen molar-refractivity contribution in [1.29, 1.82) is 5.26 Å². The maximum atomic E-state index is 12.8. The van der Waals surface area contributed by atoms with Gasteiger partial charge in [0.1, 0.15) is 5.70 Å². The van der Waals surface area contributed by atoms with Crippen molar-refractivity contribution in [3.63, 3.8) is 0 Å². The summed E-state index contributed by atoms with van der Waals surface area (Å²) in [6, 6.07) is 9.95. The fourth-order valence-corrected chi connectivity index (χ4v) is 4.31. The third-order valence-electron chi connectivity index (χ3n) is 6.38. The quantitative estimate of drug-likeness (QED) is 0.679. The van der Waals surface area contributed by atoms with Crippen molar-refractivity contribution < 1.29 is 4.79 Å². The highest BCUT2D eigenvalue weighted by Gasteiger charge is 2.24. The summed E-state index contributed by atoms with van der Waals surface area (Å²) < 4.78 is 0. The molecular weight excluding hydrogens is 410 g/mol. The molecule has 1 aliphatic carbocycles. The molecule has 4 aliphatic rings. The van der Waals surface area contributed by atoms with Crippen LogP contribution in [0.15, 0.2) is 94.1 Å². The van der Waals surface area contributed by atoms with Gasteiger partial charge in [-0.05, 0) is 68.0 Å². The molecule has 0 aromatic heterocycles. The number of fused-ring (bicyclic) bond motifs is 1. The maximum Gasteiger partial charge on any atom is 0.253 e. The van der Waals surface area contributed by atoms with Gasteiger partial charge in [-0.15, -0.1) is 0 Å². The van der Waals surface area contributed by atoms with E-state index in [1.807, 2.05) is 70.6 Å². The van der Waals surface area contributed by atoms with E-state index >= 15 is 0 Å². The number of hydrogen-bond donors (Lipinski definition) is 0. The minimum atomic E-state index is 0.0846. The molecule has 1 amide bonds. The fraction of sp³-hybridized carbons (Fsp3) is 0.259. The van der Waals surface area contributed by atoms with E-state index in [0.717, 1.165) is 72.8 Å². The lowest BCUT2D eigenvalue weighted by Crippen LogP contribution is -2.47. The van der Waals surface area contributed by atoms with Crippen LogP contribution in [0, 0.1) is 11.3 Å². The number of piperazine rings is 1. The van der Waals surface area contributed by atoms with E-state index in [0.29, 0.717) is 5.56 Å². The Bertz CT molecular complexity index is 1240. The van der Waals surface area contributed by atoms with Gasteiger partial charge in [0.2, 0.25) is 0 Å². The number of allylic oxidation sites excluding steroid dienone is 7. The van der Waals surface area contributed by atoms with Gasteiger partial charge >= 0.3 is 0 Å². The van der Waals surface area contributed by atoms with Crippen molar-refractivity contribution in [2.45, 2.75) is 12.8 Å². The summed E-state index contributed by atoms with van der Waals surface area (Å²) in [5.41, 5.74) is 9.57. The first-order chi connectivity index (χ1) is 16.1. The first-order valence-corrected chi connectivity index (χ1v) is 11.2. The van der Waals surface area contributed by atoms with Crippen LogP contribution in [-0.2, 0) is 0 Å². The van der Waals surface area contributed by atoms with Crippen molar-refractivity contribution >= 4 is 11.6 Å². The summed E-state index contributed by atoms with van der Waals surface area (Å²) in [7, 11) is 2.08. The molecule has 0 bridgehead atoms. The summed E-state index contributed by atoms with van der Waals surface area (Å²) in [5, 5.41) is 15.9. The van der Waals surface area contributed by atoms with Gasteiger partial charge in [-0.2, -0.15) is 10.4 Å². The van der Waals surface area contributed by atoms with Gasteiger partial charge < -0.3 is 9.80 Å². The number of nitriles is 1. The van der Waals surface area contributed by atoms with Gasteiger partial charge in [0, 0.05) is 42.9 Å². The number of carbonyl (C=O) groups excluding carboxylic acids is 1. The lowest BCUT2D eigenvalue weighted by Gasteiger charge is -2.32. The molecule has 33 heavy (non-hydrogen) atoms. The number of nitrogens with zero attached hydrogens (tertiary/aromatic N) is 5. The summed E-state index contributed by atoms with van der Waals surface area (Å²) in [4.78, 5) is 17.0. The van der Waals surface area contributed by atoms with E-state index in [2.05, 4.69) is 23.7 Å². The van der Waals surface area contributed by atoms with Crippen molar-refractivity contribution in [1.82, 2.24) is 14.8 Å². The van der Waals surface area contributed by atoms with Gasteiger partial charge in [-0.3, -0.25) is 4.79 Å². The number of benzene rings is 1. The highest BCUT2D eigenvalue weighted by atomic mass is 16.2. The average Bonchev–Trinajstić information content (AvgIpc) is 2.88. The summed E-state index contributed by atoms with van der Waals surface area (Å²) >= 11 is 0. The standard InChI is InChI=1S/C27H25N5O/c1-30-15-17-31(18-16-30)27(33)23-11-9-21(10-12-23)25-14-13-24-3-2-4-26(32(24)29-25)22-7-5-20(19-28)6-8-22/h2,4-5,7,9-14H,6,8,15-18H2,1H3. The van der Waals surface area contributed by atoms with E-state index in [-0.39, 0.29) is 5.91 Å². The molecule has 6 heteroatoms. The predicted molar refractivity (Wildman–Crippen MR) is 128 cm³/mol. The Hall–Kier alpha value is -3.91. The third kappa shape index (κ3) is 4.25. The fourth-order valence-electron chi connectivity index (χ4n) is 4.31. The van der Waals surface area contributed by atoms with E-state index in [1.165, 1.54) is 0 Å². The van der Waals surface area contributed by atoms with Crippen molar-refractivity contribution in [3.05, 3.63) is 100 Å². The Morgan fingerprint density at radius 3 is 2.52 bits per heavy atom. The largest absolute Gasteiger partial charge is 0.336 e. The van der Waals surface area contributed by atoms with Crippen LogP contribution in [0.3, 0.4) is 0 Å². The number of likely N-dealkylation sites (N-methyl/N-ethyl adjacent to an activating group) is 1. The molecule has 0 saturated carbocycles. The molecule has 1 saturated heterocycles. The van der Waals surface area contributed by atoms with E-state index in [9.17, 15) is 4.79 Å². The minimum absolute atomic E-state index is 0.0846. The first-order valence-electron chi connectivity index (χ1n) is 11.2. The lowest BCUT2D eigenvalue weighted by atomic mass is 9.95. The molecule has 164 valence electrons. The molecule has 0 N–H and O–H groups in total. The molecule has 3 aliphatic heterocycles. The zero-order valence-corrected chi connectivity index (χ0v) is 18.7. The molecule has 0 atom stereocenters. The van der Waals surface area contributed by atoms with Crippen LogP contribution >= 0.6 is 0 Å². The minimum Gasteiger partial charge on any atom is -0.336 e. The van der Waals surface area contributed by atoms with Crippen LogP contribution in [0.5, 0.6) is 0 Å². The second-order valence-corrected chi connectivity index (χ2v) is 8.55. The number of carbonyl (C=O) groups is 1. The molecule has 5 rings (SSSR count). The molecule has 0 spiro atoms. The number of hydrazone groups is 1. The van der Waals surface area contributed by atoms with Crippen molar-refractivity contribution in [2.24, 2.45) is 5.10 Å². The van der Waals surface area contributed by atoms with Crippen LogP contribution in [0.4, 0.5) is 0 Å². The van der Waals surface area contributed by atoms with Crippen molar-refractivity contribution in [3.8, 4) is 6.07 Å². The first kappa shape index (κ1) is 21.0. The van der Waals surface area contributed by atoms with Gasteiger partial charge in [-0.25, -0.2) is 5.01 Å². The molecule has 0 radical (unpaired) electrons. The monoisotopic (exact) mass is 435 g/mol. The molecule has 1 fully saturated rings. The molecule has 1 aromatic rings. The zero-order valence-electron chi connectivity index (χ0n) is 18.7. The molecule has 0 unspecified atom stereocenters. The van der Waals surface area contributed by atoms with Crippen LogP contribution in [0.1, 0.15) is 28.8 Å². The molecular formula is C27H25N5O. The number of rotatable bonds is 3. The van der Waals surface area contributed by atoms with Gasteiger partial charge in [-0.1, -0.05) is 23.9 Å². The van der Waals surface area contributed by atoms with E-state index < -0.39 is 0 Å². The highest BCUT2D eigenvalue weighted by Crippen LogP contribution is 2.32. The number of amides is 1.